The molecule has 0 aliphatic heterocycles. The summed E-state index contributed by atoms with van der Waals surface area (Å²) in [5, 5.41) is 10.1. The molecule has 3 rings (SSSR count). The second kappa shape index (κ2) is 8.81. The number of nitrogens with zero attached hydrogens (tertiary/aromatic N) is 2. The number of aromatic nitrogens is 3. The zero-order valence-electron chi connectivity index (χ0n) is 15.2. The van der Waals surface area contributed by atoms with E-state index < -0.39 is 0 Å². The summed E-state index contributed by atoms with van der Waals surface area (Å²) in [5.74, 6) is 0.379. The lowest BCUT2D eigenvalue weighted by Crippen LogP contribution is -2.16. The SMILES string of the molecule is CC[C@@H](C)c1ccccc1NC(=O)CSc1n[nH]c(-c2ccccc2F)n1. The quantitative estimate of drug-likeness (QED) is 0.571. The van der Waals surface area contributed by atoms with E-state index in [0.717, 1.165) is 17.7 Å². The highest BCUT2D eigenvalue weighted by molar-refractivity contribution is 7.99. The Hall–Kier alpha value is -2.67. The number of halogens is 1. The summed E-state index contributed by atoms with van der Waals surface area (Å²) < 4.78 is 13.8. The fourth-order valence-corrected chi connectivity index (χ4v) is 3.26. The number of benzene rings is 2. The molecule has 140 valence electrons. The molecule has 1 amide bonds. The van der Waals surface area contributed by atoms with Crippen LogP contribution < -0.4 is 5.32 Å². The van der Waals surface area contributed by atoms with Crippen LogP contribution in [0, 0.1) is 5.82 Å². The lowest BCUT2D eigenvalue weighted by atomic mass is 9.97. The van der Waals surface area contributed by atoms with Gasteiger partial charge in [-0.05, 0) is 36.1 Å². The first-order chi connectivity index (χ1) is 13.1. The first-order valence-corrected chi connectivity index (χ1v) is 9.76. The molecule has 27 heavy (non-hydrogen) atoms. The van der Waals surface area contributed by atoms with Crippen molar-refractivity contribution in [1.29, 1.82) is 0 Å². The number of amides is 1. The van der Waals surface area contributed by atoms with Crippen LogP contribution in [0.2, 0.25) is 0 Å². The van der Waals surface area contributed by atoms with Crippen LogP contribution in [0.3, 0.4) is 0 Å². The Morgan fingerprint density at radius 3 is 2.74 bits per heavy atom. The number of rotatable bonds is 7. The fraction of sp³-hybridized carbons (Fsp3) is 0.250. The topological polar surface area (TPSA) is 70.7 Å². The molecular weight excluding hydrogens is 363 g/mol. The summed E-state index contributed by atoms with van der Waals surface area (Å²) in [7, 11) is 0. The van der Waals surface area contributed by atoms with Gasteiger partial charge in [-0.25, -0.2) is 9.37 Å². The zero-order valence-corrected chi connectivity index (χ0v) is 16.0. The van der Waals surface area contributed by atoms with Gasteiger partial charge in [-0.1, -0.05) is 55.9 Å². The van der Waals surface area contributed by atoms with Crippen molar-refractivity contribution in [2.24, 2.45) is 0 Å². The molecule has 1 heterocycles. The molecule has 7 heteroatoms. The number of thioether (sulfide) groups is 1. The van der Waals surface area contributed by atoms with Gasteiger partial charge in [0.05, 0.1) is 11.3 Å². The Labute approximate surface area is 161 Å². The van der Waals surface area contributed by atoms with Crippen LogP contribution in [0.5, 0.6) is 0 Å². The average Bonchev–Trinajstić information content (AvgIpc) is 3.15. The van der Waals surface area contributed by atoms with E-state index in [0.29, 0.717) is 22.5 Å². The number of H-pyrrole nitrogens is 1. The standard InChI is InChI=1S/C20H21FN4OS/c1-3-13(2)14-8-5-7-11-17(14)22-18(26)12-27-20-23-19(24-25-20)15-9-4-6-10-16(15)21/h4-11,13H,3,12H2,1-2H3,(H,22,26)(H,23,24,25)/t13-/m1/s1. The average molecular weight is 384 g/mol. The van der Waals surface area contributed by atoms with Gasteiger partial charge in [-0.2, -0.15) is 0 Å². The molecule has 2 N–H and O–H groups in total. The highest BCUT2D eigenvalue weighted by atomic mass is 32.2. The summed E-state index contributed by atoms with van der Waals surface area (Å²) >= 11 is 1.20. The van der Waals surface area contributed by atoms with Crippen LogP contribution in [0.15, 0.2) is 53.7 Å². The van der Waals surface area contributed by atoms with Crippen molar-refractivity contribution in [2.45, 2.75) is 31.3 Å². The van der Waals surface area contributed by atoms with Gasteiger partial charge in [-0.3, -0.25) is 9.89 Å². The van der Waals surface area contributed by atoms with Gasteiger partial charge in [-0.15, -0.1) is 5.10 Å². The van der Waals surface area contributed by atoms with E-state index in [1.54, 1.807) is 18.2 Å². The number of anilines is 1. The van der Waals surface area contributed by atoms with Crippen molar-refractivity contribution in [1.82, 2.24) is 15.2 Å². The normalized spacial score (nSPS) is 12.0. The molecule has 1 aromatic heterocycles. The lowest BCUT2D eigenvalue weighted by Gasteiger charge is -2.15. The Morgan fingerprint density at radius 1 is 1.22 bits per heavy atom. The lowest BCUT2D eigenvalue weighted by molar-refractivity contribution is -0.113. The van der Waals surface area contributed by atoms with Crippen LogP contribution in [-0.2, 0) is 4.79 Å². The summed E-state index contributed by atoms with van der Waals surface area (Å²) in [5.41, 5.74) is 2.31. The Balaban J connectivity index is 1.62. The highest BCUT2D eigenvalue weighted by Gasteiger charge is 2.14. The van der Waals surface area contributed by atoms with Crippen LogP contribution in [0.1, 0.15) is 31.7 Å². The smallest absolute Gasteiger partial charge is 0.234 e. The Kier molecular flexibility index (Phi) is 6.24. The van der Waals surface area contributed by atoms with Gasteiger partial charge in [0, 0.05) is 5.69 Å². The van der Waals surface area contributed by atoms with Crippen molar-refractivity contribution < 1.29 is 9.18 Å². The minimum absolute atomic E-state index is 0.131. The van der Waals surface area contributed by atoms with E-state index in [1.807, 2.05) is 24.3 Å². The molecule has 0 saturated heterocycles. The van der Waals surface area contributed by atoms with E-state index in [2.05, 4.69) is 34.3 Å². The molecule has 0 saturated carbocycles. The molecule has 0 unspecified atom stereocenters. The zero-order chi connectivity index (χ0) is 19.2. The van der Waals surface area contributed by atoms with Crippen LogP contribution in [0.25, 0.3) is 11.4 Å². The summed E-state index contributed by atoms with van der Waals surface area (Å²) in [4.78, 5) is 16.6. The van der Waals surface area contributed by atoms with Gasteiger partial charge in [0.2, 0.25) is 11.1 Å². The van der Waals surface area contributed by atoms with Crippen molar-refractivity contribution in [3.63, 3.8) is 0 Å². The van der Waals surface area contributed by atoms with Gasteiger partial charge in [0.15, 0.2) is 5.82 Å². The number of aromatic amines is 1. The first kappa shape index (κ1) is 19.1. The molecule has 0 radical (unpaired) electrons. The molecule has 0 spiro atoms. The minimum atomic E-state index is -0.371. The van der Waals surface area contributed by atoms with E-state index in [4.69, 9.17) is 0 Å². The van der Waals surface area contributed by atoms with Gasteiger partial charge in [0.1, 0.15) is 5.82 Å². The van der Waals surface area contributed by atoms with Crippen molar-refractivity contribution in [2.75, 3.05) is 11.1 Å². The monoisotopic (exact) mass is 384 g/mol. The second-order valence-electron chi connectivity index (χ2n) is 6.18. The predicted molar refractivity (Wildman–Crippen MR) is 106 cm³/mol. The Bertz CT molecular complexity index is 928. The molecule has 3 aromatic rings. The van der Waals surface area contributed by atoms with E-state index in [-0.39, 0.29) is 17.5 Å². The molecule has 5 nitrogen and oxygen atoms in total. The molecule has 0 aliphatic rings. The minimum Gasteiger partial charge on any atom is -0.325 e. The molecule has 1 atom stereocenters. The first-order valence-electron chi connectivity index (χ1n) is 8.77. The number of carbonyl (C=O) groups is 1. The van der Waals surface area contributed by atoms with Crippen LogP contribution >= 0.6 is 11.8 Å². The molecule has 0 aliphatic carbocycles. The molecule has 2 aromatic carbocycles. The molecule has 0 fully saturated rings. The summed E-state index contributed by atoms with van der Waals surface area (Å²) in [6.07, 6.45) is 0.998. The third kappa shape index (κ3) is 4.74. The van der Waals surface area contributed by atoms with Gasteiger partial charge in [0.25, 0.3) is 0 Å². The maximum atomic E-state index is 13.8. The van der Waals surface area contributed by atoms with Crippen molar-refractivity contribution in [3.8, 4) is 11.4 Å². The predicted octanol–water partition coefficient (Wildman–Crippen LogP) is 4.86. The number of para-hydroxylation sites is 1. The van der Waals surface area contributed by atoms with Crippen LogP contribution in [0.4, 0.5) is 10.1 Å². The number of hydrogen-bond acceptors (Lipinski definition) is 4. The number of nitrogens with one attached hydrogen (secondary N) is 2. The maximum absolute atomic E-state index is 13.8. The van der Waals surface area contributed by atoms with Crippen molar-refractivity contribution in [3.05, 3.63) is 59.9 Å². The molecule has 0 bridgehead atoms. The number of carbonyl (C=O) groups excluding carboxylic acids is 1. The van der Waals surface area contributed by atoms with E-state index >= 15 is 0 Å². The highest BCUT2D eigenvalue weighted by Crippen LogP contribution is 2.27. The van der Waals surface area contributed by atoms with Gasteiger partial charge < -0.3 is 5.32 Å². The van der Waals surface area contributed by atoms with E-state index in [1.165, 1.54) is 17.8 Å². The van der Waals surface area contributed by atoms with E-state index in [9.17, 15) is 9.18 Å². The van der Waals surface area contributed by atoms with Crippen LogP contribution in [-0.4, -0.2) is 26.8 Å². The Morgan fingerprint density at radius 2 is 1.96 bits per heavy atom. The van der Waals surface area contributed by atoms with Crippen molar-refractivity contribution >= 4 is 23.4 Å². The fourth-order valence-electron chi connectivity index (χ4n) is 2.66. The summed E-state index contributed by atoms with van der Waals surface area (Å²) in [6.45, 7) is 4.26. The second-order valence-corrected chi connectivity index (χ2v) is 7.12. The summed E-state index contributed by atoms with van der Waals surface area (Å²) in [6, 6.07) is 14.2. The number of hydrogen-bond donors (Lipinski definition) is 2. The largest absolute Gasteiger partial charge is 0.325 e. The third-order valence-electron chi connectivity index (χ3n) is 4.30. The third-order valence-corrected chi connectivity index (χ3v) is 5.15. The molecular formula is C20H21FN4OS. The van der Waals surface area contributed by atoms with Gasteiger partial charge >= 0.3 is 0 Å². The maximum Gasteiger partial charge on any atom is 0.234 e.